The fourth-order valence-corrected chi connectivity index (χ4v) is 4.50. The lowest BCUT2D eigenvalue weighted by Gasteiger charge is -2.42. The van der Waals surface area contributed by atoms with Gasteiger partial charge in [-0.2, -0.15) is 0 Å². The van der Waals surface area contributed by atoms with Crippen LogP contribution in [-0.2, 0) is 16.0 Å². The molecule has 0 bridgehead atoms. The Kier molecular flexibility index (Phi) is 7.13. The quantitative estimate of drug-likeness (QED) is 0.801. The van der Waals surface area contributed by atoms with Crippen LogP contribution in [0.4, 0.5) is 9.93 Å². The number of carbonyl (C=O) groups excluding carboxylic acids is 2. The van der Waals surface area contributed by atoms with E-state index in [0.717, 1.165) is 39.3 Å². The average Bonchev–Trinajstić information content (AvgIpc) is 3.07. The monoisotopic (exact) mass is 423 g/mol. The molecule has 29 heavy (non-hydrogen) atoms. The normalized spacial score (nSPS) is 19.9. The third kappa shape index (κ3) is 6.65. The van der Waals surface area contributed by atoms with E-state index < -0.39 is 11.7 Å². The predicted molar refractivity (Wildman–Crippen MR) is 114 cm³/mol. The lowest BCUT2D eigenvalue weighted by molar-refractivity contribution is -0.132. The molecule has 1 aromatic heterocycles. The lowest BCUT2D eigenvalue weighted by atomic mass is 10.0. The number of carbonyl (C=O) groups is 2. The van der Waals surface area contributed by atoms with Crippen LogP contribution in [-0.4, -0.2) is 89.6 Å². The van der Waals surface area contributed by atoms with Gasteiger partial charge in [-0.05, 0) is 53.8 Å². The molecule has 1 aromatic rings. The first kappa shape index (κ1) is 22.0. The van der Waals surface area contributed by atoms with Crippen molar-refractivity contribution in [2.75, 3.05) is 51.6 Å². The number of hydrogen-bond acceptors (Lipinski definition) is 7. The van der Waals surface area contributed by atoms with Gasteiger partial charge in [-0.1, -0.05) is 0 Å². The summed E-state index contributed by atoms with van der Waals surface area (Å²) in [5.41, 5.74) is 0.124. The molecule has 0 radical (unpaired) electrons. The van der Waals surface area contributed by atoms with E-state index in [1.165, 1.54) is 24.2 Å². The Bertz CT molecular complexity index is 701. The van der Waals surface area contributed by atoms with Gasteiger partial charge in [-0.25, -0.2) is 9.78 Å². The first-order valence-corrected chi connectivity index (χ1v) is 11.2. The number of thiazole rings is 1. The molecule has 0 saturated carbocycles. The van der Waals surface area contributed by atoms with Gasteiger partial charge in [0.05, 0.1) is 12.1 Å². The number of anilines is 1. The summed E-state index contributed by atoms with van der Waals surface area (Å²) >= 11 is 1.31. The molecule has 0 atom stereocenters. The molecule has 2 saturated heterocycles. The average molecular weight is 424 g/mol. The molecule has 2 amide bonds. The second-order valence-electron chi connectivity index (χ2n) is 8.90. The largest absolute Gasteiger partial charge is 0.444 e. The molecule has 2 aliphatic heterocycles. The molecule has 9 heteroatoms. The van der Waals surface area contributed by atoms with Crippen molar-refractivity contribution in [3.63, 3.8) is 0 Å². The van der Waals surface area contributed by atoms with E-state index in [9.17, 15) is 9.59 Å². The molecule has 0 aliphatic carbocycles. The fourth-order valence-electron chi connectivity index (χ4n) is 3.80. The number of amides is 2. The third-order valence-electron chi connectivity index (χ3n) is 5.36. The summed E-state index contributed by atoms with van der Waals surface area (Å²) in [6.07, 6.45) is 2.17. The SMILES string of the molecule is CN1CCC(N2CCN(C(=O)Cc3csc(NC(=O)OC(C)(C)C)n3)CC2)CC1. The topological polar surface area (TPSA) is 78.0 Å². The Labute approximate surface area is 177 Å². The smallest absolute Gasteiger partial charge is 0.413 e. The third-order valence-corrected chi connectivity index (χ3v) is 6.17. The Morgan fingerprint density at radius 2 is 1.83 bits per heavy atom. The van der Waals surface area contributed by atoms with Gasteiger partial charge in [-0.15, -0.1) is 11.3 Å². The first-order valence-electron chi connectivity index (χ1n) is 10.3. The number of rotatable bonds is 4. The molecule has 162 valence electrons. The standard InChI is InChI=1S/C20H33N5O3S/c1-20(2,3)28-19(27)22-18-21-15(14-29-18)13-17(26)25-11-9-24(10-12-25)16-5-7-23(4)8-6-16/h14,16H,5-13H2,1-4H3,(H,21,22,27). The van der Waals surface area contributed by atoms with Crippen LogP contribution in [0.25, 0.3) is 0 Å². The number of aromatic nitrogens is 1. The number of piperidine rings is 1. The van der Waals surface area contributed by atoms with Gasteiger partial charge >= 0.3 is 6.09 Å². The van der Waals surface area contributed by atoms with Crippen molar-refractivity contribution in [3.8, 4) is 0 Å². The molecule has 1 N–H and O–H groups in total. The summed E-state index contributed by atoms with van der Waals surface area (Å²) in [6.45, 7) is 11.2. The summed E-state index contributed by atoms with van der Waals surface area (Å²) in [5, 5.41) is 4.90. The predicted octanol–water partition coefficient (Wildman–Crippen LogP) is 2.27. The maximum absolute atomic E-state index is 12.7. The van der Waals surface area contributed by atoms with Crippen molar-refractivity contribution >= 4 is 28.5 Å². The van der Waals surface area contributed by atoms with E-state index >= 15 is 0 Å². The Morgan fingerprint density at radius 1 is 1.17 bits per heavy atom. The molecule has 3 rings (SSSR count). The number of hydrogen-bond donors (Lipinski definition) is 1. The van der Waals surface area contributed by atoms with Gasteiger partial charge < -0.3 is 14.5 Å². The van der Waals surface area contributed by atoms with Crippen molar-refractivity contribution in [2.24, 2.45) is 0 Å². The van der Waals surface area contributed by atoms with Gasteiger partial charge in [0.25, 0.3) is 0 Å². The maximum Gasteiger partial charge on any atom is 0.413 e. The highest BCUT2D eigenvalue weighted by molar-refractivity contribution is 7.13. The van der Waals surface area contributed by atoms with Crippen molar-refractivity contribution in [1.29, 1.82) is 0 Å². The highest BCUT2D eigenvalue weighted by Crippen LogP contribution is 2.20. The minimum absolute atomic E-state index is 0.0992. The molecular formula is C20H33N5O3S. The van der Waals surface area contributed by atoms with Crippen LogP contribution < -0.4 is 5.32 Å². The number of nitrogens with one attached hydrogen (secondary N) is 1. The summed E-state index contributed by atoms with van der Waals surface area (Å²) < 4.78 is 5.23. The number of ether oxygens (including phenoxy) is 1. The highest BCUT2D eigenvalue weighted by atomic mass is 32.1. The first-order chi connectivity index (χ1) is 13.7. The summed E-state index contributed by atoms with van der Waals surface area (Å²) in [7, 11) is 2.18. The van der Waals surface area contributed by atoms with E-state index in [1.807, 2.05) is 31.1 Å². The van der Waals surface area contributed by atoms with Crippen molar-refractivity contribution in [2.45, 2.75) is 51.7 Å². The van der Waals surface area contributed by atoms with E-state index in [-0.39, 0.29) is 12.3 Å². The van der Waals surface area contributed by atoms with Crippen molar-refractivity contribution in [1.82, 2.24) is 19.7 Å². The van der Waals surface area contributed by atoms with Crippen molar-refractivity contribution < 1.29 is 14.3 Å². The number of likely N-dealkylation sites (tertiary alicyclic amines) is 1. The zero-order chi connectivity index (χ0) is 21.0. The van der Waals surface area contributed by atoms with E-state index in [4.69, 9.17) is 4.74 Å². The van der Waals surface area contributed by atoms with Crippen LogP contribution >= 0.6 is 11.3 Å². The zero-order valence-electron chi connectivity index (χ0n) is 17.9. The highest BCUT2D eigenvalue weighted by Gasteiger charge is 2.28. The van der Waals surface area contributed by atoms with Crippen LogP contribution in [0.2, 0.25) is 0 Å². The van der Waals surface area contributed by atoms with Crippen LogP contribution in [0.5, 0.6) is 0 Å². The Hall–Kier alpha value is -1.71. The van der Waals surface area contributed by atoms with Gasteiger partial charge in [-0.3, -0.25) is 15.0 Å². The number of piperazine rings is 1. The van der Waals surface area contributed by atoms with Gasteiger partial charge in [0.2, 0.25) is 5.91 Å². The molecular weight excluding hydrogens is 390 g/mol. The summed E-state index contributed by atoms with van der Waals surface area (Å²) in [4.78, 5) is 35.7. The summed E-state index contributed by atoms with van der Waals surface area (Å²) in [5.74, 6) is 0.0992. The fraction of sp³-hybridized carbons (Fsp3) is 0.750. The van der Waals surface area contributed by atoms with Crippen LogP contribution in [0.1, 0.15) is 39.3 Å². The van der Waals surface area contributed by atoms with Gasteiger partial charge in [0, 0.05) is 37.6 Å². The van der Waals surface area contributed by atoms with E-state index in [2.05, 4.69) is 27.1 Å². The summed E-state index contributed by atoms with van der Waals surface area (Å²) in [6, 6.07) is 0.656. The van der Waals surface area contributed by atoms with Crippen molar-refractivity contribution in [3.05, 3.63) is 11.1 Å². The minimum Gasteiger partial charge on any atom is -0.444 e. The van der Waals surface area contributed by atoms with Crippen LogP contribution in [0.15, 0.2) is 5.38 Å². The Balaban J connectivity index is 1.43. The molecule has 2 fully saturated rings. The molecule has 0 unspecified atom stereocenters. The molecule has 0 aromatic carbocycles. The molecule has 2 aliphatic rings. The van der Waals surface area contributed by atoms with Crippen LogP contribution in [0, 0.1) is 0 Å². The van der Waals surface area contributed by atoms with Gasteiger partial charge in [0.15, 0.2) is 5.13 Å². The van der Waals surface area contributed by atoms with Gasteiger partial charge in [0.1, 0.15) is 5.60 Å². The van der Waals surface area contributed by atoms with E-state index in [0.29, 0.717) is 16.9 Å². The van der Waals surface area contributed by atoms with Crippen LogP contribution in [0.3, 0.4) is 0 Å². The maximum atomic E-state index is 12.7. The Morgan fingerprint density at radius 3 is 2.45 bits per heavy atom. The molecule has 3 heterocycles. The van der Waals surface area contributed by atoms with E-state index in [1.54, 1.807) is 0 Å². The minimum atomic E-state index is -0.560. The second-order valence-corrected chi connectivity index (χ2v) is 9.76. The lowest BCUT2D eigenvalue weighted by Crippen LogP contribution is -2.54. The zero-order valence-corrected chi connectivity index (χ0v) is 18.8. The second kappa shape index (κ2) is 9.40. The molecule has 0 spiro atoms. The number of nitrogens with zero attached hydrogens (tertiary/aromatic N) is 4. The molecule has 8 nitrogen and oxygen atoms in total.